The summed E-state index contributed by atoms with van der Waals surface area (Å²) >= 11 is 3.31. The summed E-state index contributed by atoms with van der Waals surface area (Å²) in [5.41, 5.74) is 0.797. The Morgan fingerprint density at radius 1 is 0.926 bits per heavy atom. The minimum absolute atomic E-state index is 0.264. The molecule has 0 fully saturated rings. The summed E-state index contributed by atoms with van der Waals surface area (Å²) in [4.78, 5) is 24.4. The Balaban J connectivity index is 2.01. The highest BCUT2D eigenvalue weighted by atomic mass is 79.9. The first-order valence-electron chi connectivity index (χ1n) is 8.90. The number of carbonyl (C=O) groups excluding carboxylic acids is 2. The Morgan fingerprint density at radius 3 is 2.30 bits per heavy atom. The van der Waals surface area contributed by atoms with Crippen molar-refractivity contribution in [3.63, 3.8) is 0 Å². The van der Waals surface area contributed by atoms with Gasteiger partial charge in [0.25, 0.3) is 0 Å². The lowest BCUT2D eigenvalue weighted by atomic mass is 10.1. The zero-order valence-corrected chi connectivity index (χ0v) is 17.1. The molecule has 5 nitrogen and oxygen atoms in total. The second kappa shape index (κ2) is 10.7. The molecule has 0 aliphatic carbocycles. The Bertz CT molecular complexity index is 771. The van der Waals surface area contributed by atoms with Gasteiger partial charge in [0.15, 0.2) is 23.9 Å². The second-order valence-electron chi connectivity index (χ2n) is 5.80. The van der Waals surface area contributed by atoms with E-state index in [0.29, 0.717) is 35.8 Å². The van der Waals surface area contributed by atoms with Gasteiger partial charge in [-0.1, -0.05) is 41.4 Å². The van der Waals surface area contributed by atoms with Gasteiger partial charge in [0, 0.05) is 10.0 Å². The average Bonchev–Trinajstić information content (AvgIpc) is 2.68. The number of hydrogen-bond donors (Lipinski definition) is 0. The zero-order valence-electron chi connectivity index (χ0n) is 15.5. The summed E-state index contributed by atoms with van der Waals surface area (Å²) in [7, 11) is 0. The van der Waals surface area contributed by atoms with Crippen molar-refractivity contribution < 1.29 is 23.8 Å². The van der Waals surface area contributed by atoms with Crippen molar-refractivity contribution in [2.24, 2.45) is 0 Å². The number of rotatable bonds is 10. The summed E-state index contributed by atoms with van der Waals surface area (Å²) in [6.07, 6.45) is 1.97. The lowest BCUT2D eigenvalue weighted by Gasteiger charge is -2.13. The van der Waals surface area contributed by atoms with Crippen LogP contribution >= 0.6 is 15.9 Å². The number of halogens is 1. The fourth-order valence-electron chi connectivity index (χ4n) is 2.28. The summed E-state index contributed by atoms with van der Waals surface area (Å²) < 4.78 is 17.3. The van der Waals surface area contributed by atoms with Crippen LogP contribution in [0.25, 0.3) is 0 Å². The van der Waals surface area contributed by atoms with Crippen LogP contribution < -0.4 is 9.47 Å². The zero-order chi connectivity index (χ0) is 19.6. The van der Waals surface area contributed by atoms with E-state index in [1.165, 1.54) is 0 Å². The lowest BCUT2D eigenvalue weighted by Crippen LogP contribution is -2.14. The number of esters is 1. The molecular weight excluding hydrogens is 412 g/mol. The molecule has 6 heteroatoms. The number of ether oxygens (including phenoxy) is 3. The molecule has 0 spiro atoms. The summed E-state index contributed by atoms with van der Waals surface area (Å²) in [6.45, 7) is 4.66. The first kappa shape index (κ1) is 21.0. The fourth-order valence-corrected chi connectivity index (χ4v) is 2.55. The van der Waals surface area contributed by atoms with Crippen LogP contribution in [-0.4, -0.2) is 31.6 Å². The minimum atomic E-state index is -0.582. The second-order valence-corrected chi connectivity index (χ2v) is 6.72. The molecule has 0 radical (unpaired) electrons. The molecule has 0 atom stereocenters. The van der Waals surface area contributed by atoms with Gasteiger partial charge in [-0.3, -0.25) is 4.79 Å². The lowest BCUT2D eigenvalue weighted by molar-refractivity contribution is 0.0474. The van der Waals surface area contributed by atoms with Gasteiger partial charge in [-0.25, -0.2) is 4.79 Å². The largest absolute Gasteiger partial charge is 0.490 e. The van der Waals surface area contributed by atoms with E-state index in [1.807, 2.05) is 6.92 Å². The van der Waals surface area contributed by atoms with Crippen LogP contribution in [0.15, 0.2) is 46.9 Å². The number of hydrogen-bond acceptors (Lipinski definition) is 5. The molecule has 2 aromatic carbocycles. The van der Waals surface area contributed by atoms with Crippen LogP contribution in [0.3, 0.4) is 0 Å². The van der Waals surface area contributed by atoms with E-state index in [2.05, 4.69) is 22.9 Å². The number of ketones is 1. The van der Waals surface area contributed by atoms with Gasteiger partial charge in [-0.15, -0.1) is 0 Å². The molecule has 144 valence electrons. The van der Waals surface area contributed by atoms with E-state index in [4.69, 9.17) is 14.2 Å². The average molecular weight is 435 g/mol. The van der Waals surface area contributed by atoms with E-state index in [9.17, 15) is 9.59 Å². The summed E-state index contributed by atoms with van der Waals surface area (Å²) in [6, 6.07) is 11.8. The van der Waals surface area contributed by atoms with Crippen molar-refractivity contribution >= 4 is 27.7 Å². The third-order valence-electron chi connectivity index (χ3n) is 3.74. The topological polar surface area (TPSA) is 61.8 Å². The molecular formula is C21H23BrO5. The normalized spacial score (nSPS) is 10.3. The predicted octanol–water partition coefficient (Wildman–Crippen LogP) is 5.07. The van der Waals surface area contributed by atoms with Crippen molar-refractivity contribution in [1.82, 2.24) is 0 Å². The highest BCUT2D eigenvalue weighted by Crippen LogP contribution is 2.29. The molecule has 0 amide bonds. The Hall–Kier alpha value is -2.34. The van der Waals surface area contributed by atoms with Crippen LogP contribution in [0.1, 0.15) is 47.4 Å². The predicted molar refractivity (Wildman–Crippen MR) is 107 cm³/mol. The standard InChI is InChI=1S/C21H23BrO5/c1-3-5-12-26-19-11-8-16(13-20(19)25-4-2)21(24)27-14-18(23)15-6-9-17(22)10-7-15/h6-11,13H,3-5,12,14H2,1-2H3. The minimum Gasteiger partial charge on any atom is -0.490 e. The molecule has 27 heavy (non-hydrogen) atoms. The van der Waals surface area contributed by atoms with Gasteiger partial charge in [0.2, 0.25) is 0 Å². The first-order valence-corrected chi connectivity index (χ1v) is 9.70. The van der Waals surface area contributed by atoms with E-state index in [-0.39, 0.29) is 12.4 Å². The molecule has 0 aliphatic rings. The molecule has 2 aromatic rings. The number of benzene rings is 2. The first-order chi connectivity index (χ1) is 13.0. The Labute approximate surface area is 167 Å². The smallest absolute Gasteiger partial charge is 0.338 e. The van der Waals surface area contributed by atoms with E-state index in [0.717, 1.165) is 17.3 Å². The Morgan fingerprint density at radius 2 is 1.63 bits per heavy atom. The molecule has 0 saturated heterocycles. The van der Waals surface area contributed by atoms with E-state index < -0.39 is 5.97 Å². The van der Waals surface area contributed by atoms with Crippen molar-refractivity contribution in [3.05, 3.63) is 58.1 Å². The summed E-state index contributed by atoms with van der Waals surface area (Å²) in [5.74, 6) is 0.233. The van der Waals surface area contributed by atoms with Crippen molar-refractivity contribution in [3.8, 4) is 11.5 Å². The van der Waals surface area contributed by atoms with Crippen molar-refractivity contribution in [2.75, 3.05) is 19.8 Å². The van der Waals surface area contributed by atoms with Crippen molar-refractivity contribution in [1.29, 1.82) is 0 Å². The molecule has 0 N–H and O–H groups in total. The molecule has 0 unspecified atom stereocenters. The number of carbonyl (C=O) groups is 2. The van der Waals surface area contributed by atoms with Gasteiger partial charge in [-0.2, -0.15) is 0 Å². The highest BCUT2D eigenvalue weighted by molar-refractivity contribution is 9.10. The van der Waals surface area contributed by atoms with Gasteiger partial charge in [-0.05, 0) is 43.7 Å². The quantitative estimate of drug-likeness (QED) is 0.296. The van der Waals surface area contributed by atoms with Gasteiger partial charge < -0.3 is 14.2 Å². The maximum atomic E-state index is 12.3. The van der Waals surface area contributed by atoms with Crippen LogP contribution in [0, 0.1) is 0 Å². The number of Topliss-reactive ketones (excluding diaryl/α,β-unsaturated/α-hetero) is 1. The monoisotopic (exact) mass is 434 g/mol. The van der Waals surface area contributed by atoms with Crippen LogP contribution in [-0.2, 0) is 4.74 Å². The van der Waals surface area contributed by atoms with Gasteiger partial charge in [0.05, 0.1) is 18.8 Å². The maximum Gasteiger partial charge on any atom is 0.338 e. The van der Waals surface area contributed by atoms with E-state index >= 15 is 0 Å². The molecule has 0 aliphatic heterocycles. The SMILES string of the molecule is CCCCOc1ccc(C(=O)OCC(=O)c2ccc(Br)cc2)cc1OCC. The van der Waals surface area contributed by atoms with Crippen LogP contribution in [0.4, 0.5) is 0 Å². The Kier molecular flexibility index (Phi) is 8.33. The van der Waals surface area contributed by atoms with Crippen LogP contribution in [0.2, 0.25) is 0 Å². The molecule has 0 heterocycles. The maximum absolute atomic E-state index is 12.3. The van der Waals surface area contributed by atoms with E-state index in [1.54, 1.807) is 42.5 Å². The van der Waals surface area contributed by atoms with Gasteiger partial charge >= 0.3 is 5.97 Å². The molecule has 0 saturated carbocycles. The third-order valence-corrected chi connectivity index (χ3v) is 4.26. The fraction of sp³-hybridized carbons (Fsp3) is 0.333. The molecule has 2 rings (SSSR count). The third kappa shape index (κ3) is 6.40. The van der Waals surface area contributed by atoms with Gasteiger partial charge in [0.1, 0.15) is 0 Å². The highest BCUT2D eigenvalue weighted by Gasteiger charge is 2.15. The molecule has 0 aromatic heterocycles. The van der Waals surface area contributed by atoms with Crippen LogP contribution in [0.5, 0.6) is 11.5 Å². The number of unbranched alkanes of at least 4 members (excludes halogenated alkanes) is 1. The molecule has 0 bridgehead atoms. The van der Waals surface area contributed by atoms with Crippen molar-refractivity contribution in [2.45, 2.75) is 26.7 Å². The summed E-state index contributed by atoms with van der Waals surface area (Å²) in [5, 5.41) is 0.